The third-order valence-electron chi connectivity index (χ3n) is 3.09. The van der Waals surface area contributed by atoms with Gasteiger partial charge in [-0.05, 0) is 24.3 Å². The van der Waals surface area contributed by atoms with Crippen molar-refractivity contribution in [3.8, 4) is 6.07 Å². The van der Waals surface area contributed by atoms with Crippen molar-refractivity contribution in [2.24, 2.45) is 0 Å². The number of fused-ring (bicyclic) bond motifs is 1. The van der Waals surface area contributed by atoms with E-state index in [9.17, 15) is 4.79 Å². The van der Waals surface area contributed by atoms with Crippen LogP contribution < -0.4 is 10.2 Å². The maximum Gasteiger partial charge on any atom is 0.244 e. The van der Waals surface area contributed by atoms with Crippen LogP contribution in [0, 0.1) is 11.3 Å². The highest BCUT2D eigenvalue weighted by atomic mass is 16.2. The van der Waals surface area contributed by atoms with Crippen molar-refractivity contribution in [3.05, 3.63) is 54.1 Å². The van der Waals surface area contributed by atoms with Gasteiger partial charge in [0.2, 0.25) is 5.91 Å². The molecule has 0 spiro atoms. The number of hydrogen-bond acceptors (Lipinski definition) is 3. The number of nitrogens with one attached hydrogen (secondary N) is 1. The molecule has 19 heavy (non-hydrogen) atoms. The summed E-state index contributed by atoms with van der Waals surface area (Å²) in [5, 5.41) is 11.9. The minimum Gasteiger partial charge on any atom is -0.330 e. The Morgan fingerprint density at radius 2 is 1.89 bits per heavy atom. The Balaban J connectivity index is 2.16. The first-order valence-electron chi connectivity index (χ1n) is 5.95. The molecule has 2 aromatic carbocycles. The zero-order valence-electron chi connectivity index (χ0n) is 10.1. The van der Waals surface area contributed by atoms with E-state index >= 15 is 0 Å². The minimum atomic E-state index is -0.112. The van der Waals surface area contributed by atoms with Crippen molar-refractivity contribution in [2.75, 3.05) is 16.8 Å². The molecule has 0 aromatic heterocycles. The number of para-hydroxylation sites is 2. The fraction of sp³-hybridized carbons (Fsp3) is 0.0667. The first-order chi connectivity index (χ1) is 9.29. The molecule has 1 aliphatic rings. The Morgan fingerprint density at radius 3 is 2.63 bits per heavy atom. The van der Waals surface area contributed by atoms with E-state index in [1.54, 1.807) is 6.07 Å². The summed E-state index contributed by atoms with van der Waals surface area (Å²) in [7, 11) is 0. The molecule has 0 bridgehead atoms. The first-order valence-corrected chi connectivity index (χ1v) is 5.95. The average molecular weight is 249 g/mol. The average Bonchev–Trinajstić information content (AvgIpc) is 2.46. The topological polar surface area (TPSA) is 56.1 Å². The zero-order chi connectivity index (χ0) is 13.2. The van der Waals surface area contributed by atoms with Gasteiger partial charge < -0.3 is 10.2 Å². The van der Waals surface area contributed by atoms with Crippen LogP contribution in [-0.2, 0) is 4.79 Å². The molecule has 1 amide bonds. The van der Waals surface area contributed by atoms with E-state index in [2.05, 4.69) is 11.4 Å². The minimum absolute atomic E-state index is 0.112. The number of anilines is 3. The third kappa shape index (κ3) is 1.91. The first kappa shape index (κ1) is 11.3. The Morgan fingerprint density at radius 1 is 1.11 bits per heavy atom. The molecule has 1 aliphatic heterocycles. The monoisotopic (exact) mass is 249 g/mol. The van der Waals surface area contributed by atoms with Crippen LogP contribution in [0.15, 0.2) is 48.5 Å². The normalized spacial score (nSPS) is 13.4. The highest BCUT2D eigenvalue weighted by Gasteiger charge is 2.24. The number of carbonyl (C=O) groups excluding carboxylic acids is 1. The molecule has 4 nitrogen and oxygen atoms in total. The number of rotatable bonds is 1. The lowest BCUT2D eigenvalue weighted by molar-refractivity contribution is -0.115. The molecule has 0 unspecified atom stereocenters. The molecule has 0 saturated carbocycles. The fourth-order valence-corrected chi connectivity index (χ4v) is 2.24. The van der Waals surface area contributed by atoms with Crippen LogP contribution in [-0.4, -0.2) is 12.5 Å². The second-order valence-corrected chi connectivity index (χ2v) is 4.28. The zero-order valence-corrected chi connectivity index (χ0v) is 10.1. The second-order valence-electron chi connectivity index (χ2n) is 4.28. The van der Waals surface area contributed by atoms with Crippen LogP contribution in [0.2, 0.25) is 0 Å². The number of nitrogens with zero attached hydrogens (tertiary/aromatic N) is 2. The quantitative estimate of drug-likeness (QED) is 0.845. The third-order valence-corrected chi connectivity index (χ3v) is 3.09. The van der Waals surface area contributed by atoms with Crippen molar-refractivity contribution in [1.82, 2.24) is 0 Å². The van der Waals surface area contributed by atoms with Gasteiger partial charge in [-0.25, -0.2) is 0 Å². The van der Waals surface area contributed by atoms with E-state index in [0.717, 1.165) is 11.4 Å². The lowest BCUT2D eigenvalue weighted by atomic mass is 10.1. The van der Waals surface area contributed by atoms with E-state index in [1.807, 2.05) is 47.4 Å². The number of benzene rings is 2. The maximum absolute atomic E-state index is 11.8. The summed E-state index contributed by atoms with van der Waals surface area (Å²) in [6.07, 6.45) is 0. The van der Waals surface area contributed by atoms with Crippen LogP contribution in [0.5, 0.6) is 0 Å². The fourth-order valence-electron chi connectivity index (χ4n) is 2.24. The molecule has 0 saturated heterocycles. The van der Waals surface area contributed by atoms with Crippen LogP contribution >= 0.6 is 0 Å². The number of amides is 1. The van der Waals surface area contributed by atoms with Gasteiger partial charge in [-0.15, -0.1) is 0 Å². The molecule has 4 heteroatoms. The predicted octanol–water partition coefficient (Wildman–Crippen LogP) is 2.65. The molecule has 3 rings (SSSR count). The van der Waals surface area contributed by atoms with Gasteiger partial charge in [0.25, 0.3) is 0 Å². The highest BCUT2D eigenvalue weighted by Crippen LogP contribution is 2.36. The summed E-state index contributed by atoms with van der Waals surface area (Å²) in [5.74, 6) is -0.112. The molecule has 0 atom stereocenters. The van der Waals surface area contributed by atoms with Crippen molar-refractivity contribution in [3.63, 3.8) is 0 Å². The van der Waals surface area contributed by atoms with Gasteiger partial charge in [-0.1, -0.05) is 24.3 Å². The Labute approximate surface area is 110 Å². The van der Waals surface area contributed by atoms with E-state index in [-0.39, 0.29) is 12.5 Å². The largest absolute Gasteiger partial charge is 0.330 e. The van der Waals surface area contributed by atoms with Crippen molar-refractivity contribution >= 4 is 23.0 Å². The number of carbonyl (C=O) groups is 1. The molecule has 1 heterocycles. The summed E-state index contributed by atoms with van der Waals surface area (Å²) < 4.78 is 0. The van der Waals surface area contributed by atoms with E-state index in [4.69, 9.17) is 5.26 Å². The van der Waals surface area contributed by atoms with Crippen molar-refractivity contribution in [1.29, 1.82) is 5.26 Å². The standard InChI is InChI=1S/C15H11N3O/c16-9-11-5-4-8-13-15(11)17-14(19)10-18(13)12-6-2-1-3-7-12/h1-8H,10H2,(H,17,19). The smallest absolute Gasteiger partial charge is 0.244 e. The molecule has 1 N–H and O–H groups in total. The predicted molar refractivity (Wildman–Crippen MR) is 73.2 cm³/mol. The molecule has 0 fully saturated rings. The Hall–Kier alpha value is -2.80. The van der Waals surface area contributed by atoms with Crippen LogP contribution in [0.3, 0.4) is 0 Å². The van der Waals surface area contributed by atoms with Crippen molar-refractivity contribution < 1.29 is 4.79 Å². The summed E-state index contributed by atoms with van der Waals surface area (Å²) in [5.41, 5.74) is 2.86. The molecular weight excluding hydrogens is 238 g/mol. The van der Waals surface area contributed by atoms with Gasteiger partial charge in [-0.2, -0.15) is 5.26 Å². The summed E-state index contributed by atoms with van der Waals surface area (Å²) in [6, 6.07) is 17.2. The van der Waals surface area contributed by atoms with E-state index in [1.165, 1.54) is 0 Å². The highest BCUT2D eigenvalue weighted by molar-refractivity contribution is 6.04. The maximum atomic E-state index is 11.8. The van der Waals surface area contributed by atoms with Gasteiger partial charge >= 0.3 is 0 Å². The second kappa shape index (κ2) is 4.46. The molecule has 0 aliphatic carbocycles. The van der Waals surface area contributed by atoms with Gasteiger partial charge in [0.15, 0.2) is 0 Å². The SMILES string of the molecule is N#Cc1cccc2c1NC(=O)CN2c1ccccc1. The molecule has 92 valence electrons. The number of nitriles is 1. The van der Waals surface area contributed by atoms with E-state index < -0.39 is 0 Å². The Kier molecular flexibility index (Phi) is 2.66. The van der Waals surface area contributed by atoms with Gasteiger partial charge in [0.1, 0.15) is 12.6 Å². The summed E-state index contributed by atoms with van der Waals surface area (Å²) in [4.78, 5) is 13.7. The van der Waals surface area contributed by atoms with Crippen LogP contribution in [0.1, 0.15) is 5.56 Å². The van der Waals surface area contributed by atoms with Gasteiger partial charge in [-0.3, -0.25) is 4.79 Å². The van der Waals surface area contributed by atoms with Crippen molar-refractivity contribution in [2.45, 2.75) is 0 Å². The lowest BCUT2D eigenvalue weighted by Gasteiger charge is -2.31. The lowest BCUT2D eigenvalue weighted by Crippen LogP contribution is -2.35. The molecule has 0 radical (unpaired) electrons. The van der Waals surface area contributed by atoms with Gasteiger partial charge in [0, 0.05) is 5.69 Å². The number of hydrogen-bond donors (Lipinski definition) is 1. The van der Waals surface area contributed by atoms with Crippen LogP contribution in [0.4, 0.5) is 17.1 Å². The van der Waals surface area contributed by atoms with E-state index in [0.29, 0.717) is 11.3 Å². The molecular formula is C15H11N3O. The Bertz CT molecular complexity index is 674. The molecule has 2 aromatic rings. The van der Waals surface area contributed by atoms with Crippen LogP contribution in [0.25, 0.3) is 0 Å². The summed E-state index contributed by atoms with van der Waals surface area (Å²) >= 11 is 0. The summed E-state index contributed by atoms with van der Waals surface area (Å²) in [6.45, 7) is 0.256. The van der Waals surface area contributed by atoms with Gasteiger partial charge in [0.05, 0.1) is 16.9 Å².